The number of hydrogen-bond acceptors (Lipinski definition) is 1. The number of allylic oxidation sites excluding steroid dienone is 4. The fraction of sp³-hybridized carbons (Fsp3) is 0.261. The Bertz CT molecular complexity index is 866. The maximum absolute atomic E-state index is 8.84. The smallest absolute Gasteiger partial charge is 0.0687 e. The monoisotopic (exact) mass is 313 g/mol. The van der Waals surface area contributed by atoms with Gasteiger partial charge in [-0.05, 0) is 36.0 Å². The molecule has 0 saturated carbocycles. The second kappa shape index (κ2) is 5.59. The van der Waals surface area contributed by atoms with Gasteiger partial charge in [0.25, 0.3) is 0 Å². The summed E-state index contributed by atoms with van der Waals surface area (Å²) in [5, 5.41) is 8.84. The molecule has 0 amide bonds. The van der Waals surface area contributed by atoms with Gasteiger partial charge in [0.1, 0.15) is 0 Å². The predicted octanol–water partition coefficient (Wildman–Crippen LogP) is 5.91. The minimum Gasteiger partial charge on any atom is -0.300 e. The maximum Gasteiger partial charge on any atom is 0.0687 e. The SMILES string of the molecule is CC1(C)C2=C(C(C(=N)c3ccccc3)=CCCC2)c2ccccc21. The van der Waals surface area contributed by atoms with Crippen LogP contribution >= 0.6 is 0 Å². The van der Waals surface area contributed by atoms with Crippen molar-refractivity contribution in [1.82, 2.24) is 0 Å². The first-order chi connectivity index (χ1) is 11.6. The molecular weight excluding hydrogens is 290 g/mol. The van der Waals surface area contributed by atoms with Crippen molar-refractivity contribution in [3.63, 3.8) is 0 Å². The van der Waals surface area contributed by atoms with Gasteiger partial charge in [-0.1, -0.05) is 80.1 Å². The van der Waals surface area contributed by atoms with Gasteiger partial charge >= 0.3 is 0 Å². The second-order valence-electron chi connectivity index (χ2n) is 7.28. The van der Waals surface area contributed by atoms with Crippen molar-refractivity contribution in [2.24, 2.45) is 0 Å². The quantitative estimate of drug-likeness (QED) is 0.666. The molecule has 2 aliphatic rings. The highest BCUT2D eigenvalue weighted by atomic mass is 14.5. The van der Waals surface area contributed by atoms with Crippen LogP contribution in [0.4, 0.5) is 0 Å². The van der Waals surface area contributed by atoms with Crippen LogP contribution in [-0.4, -0.2) is 5.71 Å². The van der Waals surface area contributed by atoms with Gasteiger partial charge in [-0.25, -0.2) is 0 Å². The van der Waals surface area contributed by atoms with Gasteiger partial charge < -0.3 is 0 Å². The number of hydrogen-bond donors (Lipinski definition) is 1. The van der Waals surface area contributed by atoms with E-state index in [0.29, 0.717) is 5.71 Å². The summed E-state index contributed by atoms with van der Waals surface area (Å²) in [6.45, 7) is 4.67. The van der Waals surface area contributed by atoms with E-state index in [9.17, 15) is 0 Å². The molecule has 0 bridgehead atoms. The summed E-state index contributed by atoms with van der Waals surface area (Å²) in [7, 11) is 0. The van der Waals surface area contributed by atoms with Crippen molar-refractivity contribution >= 4 is 11.3 Å². The summed E-state index contributed by atoms with van der Waals surface area (Å²) in [6, 6.07) is 18.9. The Morgan fingerprint density at radius 1 is 0.958 bits per heavy atom. The Hall–Kier alpha value is -2.41. The van der Waals surface area contributed by atoms with Crippen LogP contribution in [0.1, 0.15) is 49.8 Å². The van der Waals surface area contributed by atoms with E-state index in [1.54, 1.807) is 0 Å². The number of nitrogens with one attached hydrogen (secondary N) is 1. The molecule has 0 heterocycles. The van der Waals surface area contributed by atoms with Crippen molar-refractivity contribution < 1.29 is 0 Å². The summed E-state index contributed by atoms with van der Waals surface area (Å²) >= 11 is 0. The third-order valence-corrected chi connectivity index (χ3v) is 5.51. The van der Waals surface area contributed by atoms with E-state index in [1.807, 2.05) is 30.3 Å². The molecule has 0 aliphatic heterocycles. The minimum absolute atomic E-state index is 0.0618. The van der Waals surface area contributed by atoms with E-state index in [2.05, 4.69) is 44.2 Å². The zero-order valence-electron chi connectivity index (χ0n) is 14.4. The van der Waals surface area contributed by atoms with Gasteiger partial charge in [0, 0.05) is 16.6 Å². The van der Waals surface area contributed by atoms with Gasteiger partial charge in [0.2, 0.25) is 0 Å². The van der Waals surface area contributed by atoms with Crippen molar-refractivity contribution in [1.29, 1.82) is 5.41 Å². The highest BCUT2D eigenvalue weighted by Gasteiger charge is 2.39. The van der Waals surface area contributed by atoms with E-state index < -0.39 is 0 Å². The standard InChI is InChI=1S/C23H23N/c1-23(2)19-14-8-6-12-17(19)21-18(13-7-9-15-20(21)23)22(24)16-10-4-3-5-11-16/h3-6,8,10-14,24H,7,9,15H2,1-2H3. The Morgan fingerprint density at radius 2 is 1.67 bits per heavy atom. The molecule has 2 aliphatic carbocycles. The molecule has 120 valence electrons. The van der Waals surface area contributed by atoms with Crippen LogP contribution < -0.4 is 0 Å². The number of benzene rings is 2. The van der Waals surface area contributed by atoms with Gasteiger partial charge in [-0.15, -0.1) is 0 Å². The van der Waals surface area contributed by atoms with Gasteiger partial charge in [-0.3, -0.25) is 5.41 Å². The Morgan fingerprint density at radius 3 is 2.46 bits per heavy atom. The molecular formula is C23H23N. The molecule has 0 spiro atoms. The summed E-state index contributed by atoms with van der Waals surface area (Å²) in [4.78, 5) is 0. The van der Waals surface area contributed by atoms with Gasteiger partial charge in [0.15, 0.2) is 0 Å². The van der Waals surface area contributed by atoms with Crippen molar-refractivity contribution in [2.45, 2.75) is 38.5 Å². The lowest BCUT2D eigenvalue weighted by Gasteiger charge is -2.24. The first kappa shape index (κ1) is 15.1. The van der Waals surface area contributed by atoms with E-state index in [-0.39, 0.29) is 5.41 Å². The largest absolute Gasteiger partial charge is 0.300 e. The number of fused-ring (bicyclic) bond motifs is 2. The first-order valence-corrected chi connectivity index (χ1v) is 8.79. The van der Waals surface area contributed by atoms with Crippen LogP contribution in [0.5, 0.6) is 0 Å². The summed E-state index contributed by atoms with van der Waals surface area (Å²) < 4.78 is 0. The lowest BCUT2D eigenvalue weighted by Crippen LogP contribution is -2.17. The fourth-order valence-corrected chi connectivity index (χ4v) is 4.24. The summed E-state index contributed by atoms with van der Waals surface area (Å²) in [5.74, 6) is 0. The van der Waals surface area contributed by atoms with E-state index >= 15 is 0 Å². The Kier molecular flexibility index (Phi) is 3.53. The van der Waals surface area contributed by atoms with Crippen molar-refractivity contribution in [3.8, 4) is 0 Å². The van der Waals surface area contributed by atoms with E-state index in [4.69, 9.17) is 5.41 Å². The Balaban J connectivity index is 1.91. The van der Waals surface area contributed by atoms with Crippen LogP contribution in [0.2, 0.25) is 0 Å². The summed E-state index contributed by atoms with van der Waals surface area (Å²) in [5.41, 5.74) is 8.39. The van der Waals surface area contributed by atoms with Crippen LogP contribution in [-0.2, 0) is 5.41 Å². The highest BCUT2D eigenvalue weighted by molar-refractivity contribution is 6.21. The topological polar surface area (TPSA) is 23.9 Å². The third-order valence-electron chi connectivity index (χ3n) is 5.51. The third kappa shape index (κ3) is 2.19. The molecule has 0 saturated heterocycles. The normalized spacial score (nSPS) is 18.5. The highest BCUT2D eigenvalue weighted by Crippen LogP contribution is 2.51. The molecule has 1 N–H and O–H groups in total. The zero-order valence-corrected chi connectivity index (χ0v) is 14.4. The molecule has 0 aromatic heterocycles. The predicted molar refractivity (Wildman–Crippen MR) is 102 cm³/mol. The molecule has 24 heavy (non-hydrogen) atoms. The average Bonchev–Trinajstić information content (AvgIpc) is 2.76. The summed E-state index contributed by atoms with van der Waals surface area (Å²) in [6.07, 6.45) is 5.63. The number of rotatable bonds is 2. The second-order valence-corrected chi connectivity index (χ2v) is 7.28. The first-order valence-electron chi connectivity index (χ1n) is 8.79. The van der Waals surface area contributed by atoms with Crippen LogP contribution in [0.15, 0.2) is 71.8 Å². The fourth-order valence-electron chi connectivity index (χ4n) is 4.24. The van der Waals surface area contributed by atoms with E-state index in [0.717, 1.165) is 24.0 Å². The molecule has 2 aromatic rings. The lowest BCUT2D eigenvalue weighted by molar-refractivity contribution is 0.598. The van der Waals surface area contributed by atoms with Gasteiger partial charge in [-0.2, -0.15) is 0 Å². The maximum atomic E-state index is 8.84. The van der Waals surface area contributed by atoms with Crippen LogP contribution in [0, 0.1) is 5.41 Å². The minimum atomic E-state index is 0.0618. The molecule has 0 radical (unpaired) electrons. The zero-order chi connectivity index (χ0) is 16.7. The van der Waals surface area contributed by atoms with Crippen LogP contribution in [0.25, 0.3) is 5.57 Å². The molecule has 1 heteroatoms. The lowest BCUT2D eigenvalue weighted by atomic mass is 9.79. The average molecular weight is 313 g/mol. The van der Waals surface area contributed by atoms with Gasteiger partial charge in [0.05, 0.1) is 5.71 Å². The molecule has 4 rings (SSSR count). The molecule has 0 fully saturated rings. The van der Waals surface area contributed by atoms with E-state index in [1.165, 1.54) is 28.7 Å². The Labute approximate surface area is 144 Å². The molecule has 1 nitrogen and oxygen atoms in total. The van der Waals surface area contributed by atoms with Crippen molar-refractivity contribution in [3.05, 3.63) is 88.5 Å². The van der Waals surface area contributed by atoms with Crippen LogP contribution in [0.3, 0.4) is 0 Å². The molecule has 2 aromatic carbocycles. The van der Waals surface area contributed by atoms with Crippen molar-refractivity contribution in [2.75, 3.05) is 0 Å². The molecule has 0 unspecified atom stereocenters. The molecule has 0 atom stereocenters.